The van der Waals surface area contributed by atoms with Crippen LogP contribution in [0, 0.1) is 0 Å². The van der Waals surface area contributed by atoms with Gasteiger partial charge in [0.2, 0.25) is 0 Å². The van der Waals surface area contributed by atoms with Gasteiger partial charge < -0.3 is 5.11 Å². The average Bonchev–Trinajstić information content (AvgIpc) is 1.37. The second-order valence-electron chi connectivity index (χ2n) is 0.471. The molecule has 1 N–H and O–H groups in total. The minimum atomic E-state index is 0. The Kier molecular flexibility index (Phi) is 16.0. The van der Waals surface area contributed by atoms with Crippen LogP contribution < -0.4 is 0 Å². The lowest BCUT2D eigenvalue weighted by Crippen LogP contribution is -1.62. The van der Waals surface area contributed by atoms with Crippen molar-refractivity contribution in [2.75, 3.05) is 6.61 Å². The van der Waals surface area contributed by atoms with Crippen LogP contribution in [0.4, 0.5) is 0 Å². The molecule has 0 heterocycles. The number of hydrogen-bond acceptors (Lipinski definition) is 1. The zero-order chi connectivity index (χ0) is 3.41. The van der Waals surface area contributed by atoms with Gasteiger partial charge in [0.25, 0.3) is 0 Å². The summed E-state index contributed by atoms with van der Waals surface area (Å²) in [6.45, 7) is 3.31. The normalized spacial score (nSPS) is 5.00. The third kappa shape index (κ3) is 12.8. The van der Waals surface area contributed by atoms with Crippen molar-refractivity contribution in [2.24, 2.45) is 0 Å². The van der Waals surface area contributed by atoms with E-state index in [1.54, 1.807) is 0 Å². The number of halogens is 1. The standard InChI is InChI=1S/C3H6O.HI/c1-2-3-4;/h2,4H,1,3H2;1H. The van der Waals surface area contributed by atoms with E-state index < -0.39 is 0 Å². The smallest absolute Gasteiger partial charge is 0.0609 e. The van der Waals surface area contributed by atoms with E-state index in [1.165, 1.54) is 6.08 Å². The van der Waals surface area contributed by atoms with Crippen molar-refractivity contribution in [1.29, 1.82) is 0 Å². The first-order valence-corrected chi connectivity index (χ1v) is 1.13. The van der Waals surface area contributed by atoms with Crippen LogP contribution in [0.3, 0.4) is 0 Å². The summed E-state index contributed by atoms with van der Waals surface area (Å²) in [5.74, 6) is 0. The van der Waals surface area contributed by atoms with Gasteiger partial charge in [-0.2, -0.15) is 0 Å². The van der Waals surface area contributed by atoms with Gasteiger partial charge in [-0.3, -0.25) is 0 Å². The van der Waals surface area contributed by atoms with Gasteiger partial charge in [0.05, 0.1) is 6.61 Å². The van der Waals surface area contributed by atoms with Crippen molar-refractivity contribution in [3.63, 3.8) is 0 Å². The molecule has 0 spiro atoms. The summed E-state index contributed by atoms with van der Waals surface area (Å²) in [7, 11) is 0. The first-order chi connectivity index (χ1) is 1.91. The lowest BCUT2D eigenvalue weighted by molar-refractivity contribution is 0.343. The van der Waals surface area contributed by atoms with E-state index in [1.807, 2.05) is 0 Å². The van der Waals surface area contributed by atoms with Crippen LogP contribution in [0.1, 0.15) is 0 Å². The Hall–Kier alpha value is 0.430. The number of aliphatic hydroxyl groups excluding tert-OH is 1. The minimum Gasteiger partial charge on any atom is -0.392 e. The molecule has 0 atom stereocenters. The fourth-order valence-electron chi connectivity index (χ4n) is 0. The van der Waals surface area contributed by atoms with Gasteiger partial charge in [-0.15, -0.1) is 30.6 Å². The molecule has 0 rings (SSSR count). The Labute approximate surface area is 48.7 Å². The lowest BCUT2D eigenvalue weighted by Gasteiger charge is -1.60. The van der Waals surface area contributed by atoms with Gasteiger partial charge in [0.1, 0.15) is 0 Å². The second kappa shape index (κ2) is 8.83. The Morgan fingerprint density at radius 2 is 2.00 bits per heavy atom. The Morgan fingerprint density at radius 3 is 2.00 bits per heavy atom. The van der Waals surface area contributed by atoms with Gasteiger partial charge in [-0.05, 0) is 0 Å². The van der Waals surface area contributed by atoms with Crippen LogP contribution in [0.2, 0.25) is 0 Å². The predicted octanol–water partition coefficient (Wildman–Crippen LogP) is 0.783. The van der Waals surface area contributed by atoms with E-state index in [0.29, 0.717) is 0 Å². The molecule has 0 saturated heterocycles. The second-order valence-corrected chi connectivity index (χ2v) is 0.471. The molecule has 1 nitrogen and oxygen atoms in total. The molecule has 0 aromatic carbocycles. The molecule has 0 aromatic rings. The number of hydrogen-bond donors (Lipinski definition) is 1. The minimum absolute atomic E-state index is 0. The fourth-order valence-corrected chi connectivity index (χ4v) is 0. The van der Waals surface area contributed by atoms with E-state index >= 15 is 0 Å². The van der Waals surface area contributed by atoms with Crippen molar-refractivity contribution >= 4 is 24.0 Å². The Morgan fingerprint density at radius 1 is 1.80 bits per heavy atom. The van der Waals surface area contributed by atoms with Crippen molar-refractivity contribution in [1.82, 2.24) is 0 Å². The number of rotatable bonds is 1. The van der Waals surface area contributed by atoms with Crippen LogP contribution in [-0.2, 0) is 0 Å². The molecule has 0 amide bonds. The molecule has 0 radical (unpaired) electrons. The van der Waals surface area contributed by atoms with Gasteiger partial charge >= 0.3 is 0 Å². The summed E-state index contributed by atoms with van der Waals surface area (Å²) in [5.41, 5.74) is 0. The summed E-state index contributed by atoms with van der Waals surface area (Å²) in [6, 6.07) is 0. The van der Waals surface area contributed by atoms with Crippen molar-refractivity contribution in [3.05, 3.63) is 12.7 Å². The molecular weight excluding hydrogens is 179 g/mol. The monoisotopic (exact) mass is 186 g/mol. The summed E-state index contributed by atoms with van der Waals surface area (Å²) < 4.78 is 0. The summed E-state index contributed by atoms with van der Waals surface area (Å²) in [5, 5.41) is 7.76. The third-order valence-electron chi connectivity index (χ3n) is 0.129. The maximum atomic E-state index is 7.76. The van der Waals surface area contributed by atoms with Crippen molar-refractivity contribution < 1.29 is 5.11 Å². The molecule has 0 saturated carbocycles. The maximum absolute atomic E-state index is 7.76. The highest BCUT2D eigenvalue weighted by atomic mass is 127. The van der Waals surface area contributed by atoms with Crippen LogP contribution >= 0.6 is 24.0 Å². The van der Waals surface area contributed by atoms with Crippen molar-refractivity contribution in [3.8, 4) is 0 Å². The van der Waals surface area contributed by atoms with E-state index in [9.17, 15) is 0 Å². The molecule has 32 valence electrons. The van der Waals surface area contributed by atoms with E-state index in [0.717, 1.165) is 0 Å². The topological polar surface area (TPSA) is 20.2 Å². The van der Waals surface area contributed by atoms with Gasteiger partial charge in [-0.25, -0.2) is 0 Å². The van der Waals surface area contributed by atoms with Gasteiger partial charge in [0, 0.05) is 0 Å². The molecule has 0 aromatic heterocycles. The highest BCUT2D eigenvalue weighted by molar-refractivity contribution is 14.0. The Balaban J connectivity index is 0. The molecule has 0 bridgehead atoms. The molecular formula is C3H7IO. The molecule has 0 unspecified atom stereocenters. The fraction of sp³-hybridized carbons (Fsp3) is 0.333. The molecule has 0 fully saturated rings. The van der Waals surface area contributed by atoms with Crippen LogP contribution in [0.25, 0.3) is 0 Å². The summed E-state index contributed by atoms with van der Waals surface area (Å²) >= 11 is 0. The highest BCUT2D eigenvalue weighted by Gasteiger charge is 1.45. The van der Waals surface area contributed by atoms with Gasteiger partial charge in [0.15, 0.2) is 0 Å². The summed E-state index contributed by atoms with van der Waals surface area (Å²) in [4.78, 5) is 0. The zero-order valence-corrected chi connectivity index (χ0v) is 5.18. The molecule has 0 aliphatic heterocycles. The molecule has 5 heavy (non-hydrogen) atoms. The van der Waals surface area contributed by atoms with Crippen molar-refractivity contribution in [2.45, 2.75) is 0 Å². The molecule has 0 aliphatic rings. The maximum Gasteiger partial charge on any atom is 0.0609 e. The van der Waals surface area contributed by atoms with Crippen LogP contribution in [0.5, 0.6) is 0 Å². The number of aliphatic hydroxyl groups is 1. The average molecular weight is 186 g/mol. The largest absolute Gasteiger partial charge is 0.392 e. The first kappa shape index (κ1) is 9.06. The predicted molar refractivity (Wildman–Crippen MR) is 32.7 cm³/mol. The molecule has 0 aliphatic carbocycles. The van der Waals surface area contributed by atoms with E-state index in [2.05, 4.69) is 6.58 Å². The molecule has 2 heteroatoms. The van der Waals surface area contributed by atoms with Gasteiger partial charge in [-0.1, -0.05) is 6.08 Å². The van der Waals surface area contributed by atoms with Crippen LogP contribution in [0.15, 0.2) is 12.7 Å². The third-order valence-corrected chi connectivity index (χ3v) is 0.129. The van der Waals surface area contributed by atoms with E-state index in [4.69, 9.17) is 5.11 Å². The van der Waals surface area contributed by atoms with E-state index in [-0.39, 0.29) is 30.6 Å². The highest BCUT2D eigenvalue weighted by Crippen LogP contribution is 1.46. The lowest BCUT2D eigenvalue weighted by atomic mass is 10.7. The first-order valence-electron chi connectivity index (χ1n) is 1.13. The SMILES string of the molecule is C=CCO.I. The summed E-state index contributed by atoms with van der Waals surface area (Å²) in [6.07, 6.45) is 1.43. The quantitative estimate of drug-likeness (QED) is 0.474. The van der Waals surface area contributed by atoms with Crippen LogP contribution in [-0.4, -0.2) is 11.7 Å². The zero-order valence-electron chi connectivity index (χ0n) is 2.85. The Bertz CT molecular complexity index is 20.9.